The van der Waals surface area contributed by atoms with E-state index in [2.05, 4.69) is 22.1 Å². The van der Waals surface area contributed by atoms with Gasteiger partial charge in [0.1, 0.15) is 11.3 Å². The molecule has 4 rings (SSSR count). The van der Waals surface area contributed by atoms with Gasteiger partial charge in [-0.05, 0) is 36.8 Å². The van der Waals surface area contributed by atoms with E-state index in [1.54, 1.807) is 18.2 Å². The number of fused-ring (bicyclic) bond motifs is 1. The number of hydrogen-bond acceptors (Lipinski definition) is 4. The zero-order valence-electron chi connectivity index (χ0n) is 13.2. The summed E-state index contributed by atoms with van der Waals surface area (Å²) in [6, 6.07) is 10.8. The lowest BCUT2D eigenvalue weighted by Crippen LogP contribution is -2.50. The lowest BCUT2D eigenvalue weighted by Gasteiger charge is -2.32. The monoisotopic (exact) mass is 345 g/mol. The number of anilines is 1. The van der Waals surface area contributed by atoms with E-state index in [0.717, 1.165) is 30.8 Å². The van der Waals surface area contributed by atoms with Gasteiger partial charge in [0.2, 0.25) is 0 Å². The summed E-state index contributed by atoms with van der Waals surface area (Å²) in [4.78, 5) is 6.78. The molecule has 2 heterocycles. The summed E-state index contributed by atoms with van der Waals surface area (Å²) in [5.41, 5.74) is 3.05. The minimum Gasteiger partial charge on any atom is -0.423 e. The first-order valence-electron chi connectivity index (χ1n) is 7.95. The number of rotatable bonds is 2. The van der Waals surface area contributed by atoms with Crippen LogP contribution < -0.4 is 10.2 Å². The Hall–Kier alpha value is -2.11. The molecule has 0 radical (unpaired) electrons. The zero-order valence-corrected chi connectivity index (χ0v) is 14.0. The summed E-state index contributed by atoms with van der Waals surface area (Å²) in [7, 11) is 0. The number of hydrogen-bond donors (Lipinski definition) is 1. The third kappa shape index (κ3) is 2.74. The molecule has 1 saturated heterocycles. The Morgan fingerprint density at radius 3 is 2.83 bits per heavy atom. The number of nitrogens with zero attached hydrogens (tertiary/aromatic N) is 2. The van der Waals surface area contributed by atoms with E-state index in [-0.39, 0.29) is 5.82 Å². The molecule has 3 aromatic rings. The first kappa shape index (κ1) is 15.4. The lowest BCUT2D eigenvalue weighted by atomic mass is 10.0. The van der Waals surface area contributed by atoms with Gasteiger partial charge in [-0.25, -0.2) is 4.39 Å². The number of piperazine rings is 1. The normalized spacial score (nSPS) is 18.3. The summed E-state index contributed by atoms with van der Waals surface area (Å²) in [6.45, 7) is 4.77. The predicted octanol–water partition coefficient (Wildman–Crippen LogP) is 4.09. The highest BCUT2D eigenvalue weighted by Crippen LogP contribution is 2.35. The van der Waals surface area contributed by atoms with Crippen molar-refractivity contribution < 1.29 is 8.81 Å². The van der Waals surface area contributed by atoms with Crippen molar-refractivity contribution in [3.05, 3.63) is 47.2 Å². The Morgan fingerprint density at radius 2 is 2.08 bits per heavy atom. The second-order valence-electron chi connectivity index (χ2n) is 6.05. The highest BCUT2D eigenvalue weighted by molar-refractivity contribution is 6.31. The predicted molar refractivity (Wildman–Crippen MR) is 94.1 cm³/mol. The van der Waals surface area contributed by atoms with Crippen LogP contribution in [-0.2, 0) is 0 Å². The molecule has 0 bridgehead atoms. The topological polar surface area (TPSA) is 41.3 Å². The molecule has 1 aromatic heterocycles. The maximum Gasteiger partial charge on any atom is 0.298 e. The maximum absolute atomic E-state index is 13.2. The molecule has 124 valence electrons. The highest BCUT2D eigenvalue weighted by Gasteiger charge is 2.24. The number of nitrogens with one attached hydrogen (secondary N) is 1. The average Bonchev–Trinajstić information content (AvgIpc) is 2.99. The van der Waals surface area contributed by atoms with Gasteiger partial charge in [0.05, 0.1) is 0 Å². The van der Waals surface area contributed by atoms with Crippen LogP contribution in [0.3, 0.4) is 0 Å². The zero-order chi connectivity index (χ0) is 16.7. The standard InChI is InChI=1S/C18H17ClFN3O/c1-11-10-21-6-7-23(11)18-22-16-9-13(19)8-15(17(16)24-18)12-2-4-14(20)5-3-12/h2-5,8-9,11,21H,6-7,10H2,1H3/t11-/m0/s1. The first-order chi connectivity index (χ1) is 11.6. The van der Waals surface area contributed by atoms with E-state index in [4.69, 9.17) is 16.0 Å². The van der Waals surface area contributed by atoms with Crippen molar-refractivity contribution in [3.63, 3.8) is 0 Å². The number of aromatic nitrogens is 1. The second-order valence-corrected chi connectivity index (χ2v) is 6.49. The average molecular weight is 346 g/mol. The molecular formula is C18H17ClFN3O. The summed E-state index contributed by atoms with van der Waals surface area (Å²) < 4.78 is 19.3. The van der Waals surface area contributed by atoms with E-state index in [0.29, 0.717) is 28.2 Å². The van der Waals surface area contributed by atoms with Crippen molar-refractivity contribution in [1.82, 2.24) is 10.3 Å². The fraction of sp³-hybridized carbons (Fsp3) is 0.278. The molecule has 1 aliphatic heterocycles. The Balaban J connectivity index is 1.84. The molecule has 0 aliphatic carbocycles. The van der Waals surface area contributed by atoms with Crippen LogP contribution in [-0.4, -0.2) is 30.7 Å². The molecule has 0 spiro atoms. The maximum atomic E-state index is 13.2. The minimum atomic E-state index is -0.273. The van der Waals surface area contributed by atoms with Gasteiger partial charge in [0, 0.05) is 36.3 Å². The molecule has 0 saturated carbocycles. The first-order valence-corrected chi connectivity index (χ1v) is 8.33. The minimum absolute atomic E-state index is 0.273. The van der Waals surface area contributed by atoms with Crippen molar-refractivity contribution in [1.29, 1.82) is 0 Å². The fourth-order valence-electron chi connectivity index (χ4n) is 3.08. The van der Waals surface area contributed by atoms with Gasteiger partial charge in [-0.1, -0.05) is 23.7 Å². The van der Waals surface area contributed by atoms with Gasteiger partial charge in [-0.3, -0.25) is 0 Å². The molecular weight excluding hydrogens is 329 g/mol. The van der Waals surface area contributed by atoms with Crippen molar-refractivity contribution in [2.24, 2.45) is 0 Å². The third-order valence-electron chi connectivity index (χ3n) is 4.35. The van der Waals surface area contributed by atoms with Crippen LogP contribution >= 0.6 is 11.6 Å². The van der Waals surface area contributed by atoms with Crippen molar-refractivity contribution in [3.8, 4) is 11.1 Å². The van der Waals surface area contributed by atoms with Gasteiger partial charge in [-0.2, -0.15) is 4.98 Å². The lowest BCUT2D eigenvalue weighted by molar-refractivity contribution is 0.456. The van der Waals surface area contributed by atoms with Crippen LogP contribution in [0.4, 0.5) is 10.4 Å². The molecule has 2 aromatic carbocycles. The number of halogens is 2. The summed E-state index contributed by atoms with van der Waals surface area (Å²) in [5.74, 6) is -0.273. The summed E-state index contributed by atoms with van der Waals surface area (Å²) >= 11 is 6.25. The molecule has 24 heavy (non-hydrogen) atoms. The van der Waals surface area contributed by atoms with Crippen LogP contribution in [0.25, 0.3) is 22.2 Å². The van der Waals surface area contributed by atoms with Gasteiger partial charge in [-0.15, -0.1) is 0 Å². The van der Waals surface area contributed by atoms with E-state index in [9.17, 15) is 4.39 Å². The van der Waals surface area contributed by atoms with Gasteiger partial charge >= 0.3 is 0 Å². The third-order valence-corrected chi connectivity index (χ3v) is 4.56. The molecule has 0 amide bonds. The molecule has 1 atom stereocenters. The van der Waals surface area contributed by atoms with E-state index in [1.807, 2.05) is 6.07 Å². The summed E-state index contributed by atoms with van der Waals surface area (Å²) in [6.07, 6.45) is 0. The van der Waals surface area contributed by atoms with Crippen molar-refractivity contribution >= 4 is 28.7 Å². The van der Waals surface area contributed by atoms with E-state index < -0.39 is 0 Å². The molecule has 4 nitrogen and oxygen atoms in total. The van der Waals surface area contributed by atoms with Gasteiger partial charge in [0.15, 0.2) is 5.58 Å². The number of oxazole rings is 1. The summed E-state index contributed by atoms with van der Waals surface area (Å²) in [5, 5.41) is 3.93. The smallest absolute Gasteiger partial charge is 0.298 e. The highest BCUT2D eigenvalue weighted by atomic mass is 35.5. The fourth-order valence-corrected chi connectivity index (χ4v) is 3.29. The number of benzene rings is 2. The van der Waals surface area contributed by atoms with Crippen LogP contribution in [0.1, 0.15) is 6.92 Å². The van der Waals surface area contributed by atoms with E-state index in [1.165, 1.54) is 12.1 Å². The molecule has 0 unspecified atom stereocenters. The van der Waals surface area contributed by atoms with E-state index >= 15 is 0 Å². The van der Waals surface area contributed by atoms with Gasteiger partial charge in [0.25, 0.3) is 6.01 Å². The second kappa shape index (κ2) is 6.07. The Morgan fingerprint density at radius 1 is 1.29 bits per heavy atom. The Bertz CT molecular complexity index is 878. The SMILES string of the molecule is C[C@H]1CNCCN1c1nc2cc(Cl)cc(-c3ccc(F)cc3)c2o1. The molecule has 1 N–H and O–H groups in total. The van der Waals surface area contributed by atoms with Crippen LogP contribution in [0.5, 0.6) is 0 Å². The molecule has 6 heteroatoms. The van der Waals surface area contributed by atoms with Gasteiger partial charge < -0.3 is 14.6 Å². The Labute approximate surface area is 144 Å². The largest absolute Gasteiger partial charge is 0.423 e. The molecule has 1 fully saturated rings. The van der Waals surface area contributed by atoms with Crippen molar-refractivity contribution in [2.45, 2.75) is 13.0 Å². The Kier molecular flexibility index (Phi) is 3.90. The van der Waals surface area contributed by atoms with Crippen LogP contribution in [0, 0.1) is 5.82 Å². The molecule has 1 aliphatic rings. The van der Waals surface area contributed by atoms with Crippen LogP contribution in [0.2, 0.25) is 5.02 Å². The van der Waals surface area contributed by atoms with Crippen LogP contribution in [0.15, 0.2) is 40.8 Å². The van der Waals surface area contributed by atoms with Crippen molar-refractivity contribution in [2.75, 3.05) is 24.5 Å². The quantitative estimate of drug-likeness (QED) is 0.759.